The summed E-state index contributed by atoms with van der Waals surface area (Å²) < 4.78 is 0. The lowest BCUT2D eigenvalue weighted by Gasteiger charge is -2.34. The molecule has 1 aliphatic rings. The number of aliphatic hydroxyl groups excluding tert-OH is 1. The molecular formula is C15H19N3O2. The number of aliphatic hydroxyl groups is 1. The predicted octanol–water partition coefficient (Wildman–Crippen LogP) is 2.18. The molecule has 5 nitrogen and oxygen atoms in total. The molecule has 0 spiro atoms. The minimum Gasteiger partial charge on any atom is -0.393 e. The second kappa shape index (κ2) is 6.40. The Morgan fingerprint density at radius 2 is 2.20 bits per heavy atom. The number of nitriles is 1. The highest BCUT2D eigenvalue weighted by Crippen LogP contribution is 2.20. The van der Waals surface area contributed by atoms with Gasteiger partial charge in [0.05, 0.1) is 17.7 Å². The van der Waals surface area contributed by atoms with Crippen LogP contribution in [-0.2, 0) is 0 Å². The molecule has 1 fully saturated rings. The van der Waals surface area contributed by atoms with Gasteiger partial charge in [0.2, 0.25) is 0 Å². The summed E-state index contributed by atoms with van der Waals surface area (Å²) in [5.74, 6) is 0.149. The summed E-state index contributed by atoms with van der Waals surface area (Å²) >= 11 is 0. The molecule has 0 aliphatic carbocycles. The molecule has 0 bridgehead atoms. The number of anilines is 1. The summed E-state index contributed by atoms with van der Waals surface area (Å²) in [4.78, 5) is 13.9. The first-order chi connectivity index (χ1) is 9.60. The lowest BCUT2D eigenvalue weighted by atomic mass is 9.94. The number of benzene rings is 1. The van der Waals surface area contributed by atoms with Gasteiger partial charge in [0.1, 0.15) is 0 Å². The Kier molecular flexibility index (Phi) is 4.59. The lowest BCUT2D eigenvalue weighted by molar-refractivity contribution is 0.0766. The molecule has 0 aromatic heterocycles. The topological polar surface area (TPSA) is 76.4 Å². The number of rotatable bonds is 2. The van der Waals surface area contributed by atoms with Crippen LogP contribution in [0.2, 0.25) is 0 Å². The van der Waals surface area contributed by atoms with E-state index in [2.05, 4.69) is 5.32 Å². The Morgan fingerprint density at radius 1 is 1.50 bits per heavy atom. The van der Waals surface area contributed by atoms with E-state index in [-0.39, 0.29) is 18.1 Å². The molecule has 0 saturated carbocycles. The van der Waals surface area contributed by atoms with E-state index in [4.69, 9.17) is 5.26 Å². The van der Waals surface area contributed by atoms with E-state index in [0.717, 1.165) is 12.8 Å². The molecule has 1 aliphatic heterocycles. The van der Waals surface area contributed by atoms with E-state index in [1.165, 1.54) is 0 Å². The summed E-state index contributed by atoms with van der Waals surface area (Å²) in [6.07, 6.45) is 1.48. The average Bonchev–Trinajstić information content (AvgIpc) is 2.48. The van der Waals surface area contributed by atoms with Crippen LogP contribution in [0.15, 0.2) is 24.3 Å². The first-order valence-electron chi connectivity index (χ1n) is 6.84. The van der Waals surface area contributed by atoms with Crippen molar-refractivity contribution in [2.75, 3.05) is 18.4 Å². The van der Waals surface area contributed by atoms with Crippen molar-refractivity contribution >= 4 is 11.7 Å². The fourth-order valence-electron chi connectivity index (χ4n) is 2.42. The molecule has 2 rings (SSSR count). The molecule has 1 aromatic carbocycles. The minimum atomic E-state index is -0.388. The number of hydrogen-bond donors (Lipinski definition) is 2. The SMILES string of the molecule is CC(O)C1CCCN(C(=O)Nc2ccc(C#N)cc2)C1. The summed E-state index contributed by atoms with van der Waals surface area (Å²) in [7, 11) is 0. The van der Waals surface area contributed by atoms with E-state index in [1.54, 1.807) is 36.1 Å². The summed E-state index contributed by atoms with van der Waals surface area (Å²) in [5, 5.41) is 21.2. The number of carbonyl (C=O) groups excluding carboxylic acids is 1. The third kappa shape index (κ3) is 3.49. The van der Waals surface area contributed by atoms with Crippen molar-refractivity contribution in [2.24, 2.45) is 5.92 Å². The van der Waals surface area contributed by atoms with Crippen LogP contribution in [-0.4, -0.2) is 35.2 Å². The quantitative estimate of drug-likeness (QED) is 0.867. The first kappa shape index (κ1) is 14.4. The lowest BCUT2D eigenvalue weighted by Crippen LogP contribution is -2.44. The average molecular weight is 273 g/mol. The Balaban J connectivity index is 1.95. The van der Waals surface area contributed by atoms with E-state index in [1.807, 2.05) is 6.07 Å². The highest BCUT2D eigenvalue weighted by molar-refractivity contribution is 5.89. The third-order valence-electron chi connectivity index (χ3n) is 3.69. The van der Waals surface area contributed by atoms with Gasteiger partial charge in [0.25, 0.3) is 0 Å². The molecule has 0 radical (unpaired) electrons. The maximum absolute atomic E-state index is 12.2. The largest absolute Gasteiger partial charge is 0.393 e. The normalized spacial score (nSPS) is 20.1. The van der Waals surface area contributed by atoms with Crippen molar-refractivity contribution in [1.29, 1.82) is 5.26 Å². The van der Waals surface area contributed by atoms with E-state index < -0.39 is 0 Å². The summed E-state index contributed by atoms with van der Waals surface area (Å²) in [6, 6.07) is 8.66. The van der Waals surface area contributed by atoms with Crippen LogP contribution >= 0.6 is 0 Å². The van der Waals surface area contributed by atoms with Crippen molar-refractivity contribution < 1.29 is 9.90 Å². The predicted molar refractivity (Wildman–Crippen MR) is 76.2 cm³/mol. The van der Waals surface area contributed by atoms with Crippen LogP contribution in [0, 0.1) is 17.2 Å². The molecule has 5 heteroatoms. The smallest absolute Gasteiger partial charge is 0.321 e. The molecule has 1 saturated heterocycles. The van der Waals surface area contributed by atoms with Crippen molar-refractivity contribution in [1.82, 2.24) is 4.90 Å². The highest BCUT2D eigenvalue weighted by atomic mass is 16.3. The maximum Gasteiger partial charge on any atom is 0.321 e. The standard InChI is InChI=1S/C15H19N3O2/c1-11(19)13-3-2-8-18(10-13)15(20)17-14-6-4-12(9-16)5-7-14/h4-7,11,13,19H,2-3,8,10H2,1H3,(H,17,20). The second-order valence-electron chi connectivity index (χ2n) is 5.21. The number of nitrogens with zero attached hydrogens (tertiary/aromatic N) is 2. The third-order valence-corrected chi connectivity index (χ3v) is 3.69. The van der Waals surface area contributed by atoms with Gasteiger partial charge in [-0.1, -0.05) is 0 Å². The van der Waals surface area contributed by atoms with Gasteiger partial charge in [-0.15, -0.1) is 0 Å². The fraction of sp³-hybridized carbons (Fsp3) is 0.467. The Bertz CT molecular complexity index is 505. The van der Waals surface area contributed by atoms with Crippen LogP contribution in [0.3, 0.4) is 0 Å². The zero-order valence-electron chi connectivity index (χ0n) is 11.5. The molecule has 1 heterocycles. The monoisotopic (exact) mass is 273 g/mol. The number of piperidine rings is 1. The first-order valence-corrected chi connectivity index (χ1v) is 6.84. The molecule has 20 heavy (non-hydrogen) atoms. The summed E-state index contributed by atoms with van der Waals surface area (Å²) in [5.41, 5.74) is 1.24. The second-order valence-corrected chi connectivity index (χ2v) is 5.21. The van der Waals surface area contributed by atoms with Crippen LogP contribution in [0.25, 0.3) is 0 Å². The van der Waals surface area contributed by atoms with Gasteiger partial charge in [-0.3, -0.25) is 0 Å². The van der Waals surface area contributed by atoms with Crippen LogP contribution < -0.4 is 5.32 Å². The van der Waals surface area contributed by atoms with Gasteiger partial charge >= 0.3 is 6.03 Å². The van der Waals surface area contributed by atoms with Gasteiger partial charge < -0.3 is 15.3 Å². The molecule has 2 atom stereocenters. The van der Waals surface area contributed by atoms with Gasteiger partial charge in [-0.25, -0.2) is 4.79 Å². The Morgan fingerprint density at radius 3 is 2.80 bits per heavy atom. The molecule has 2 N–H and O–H groups in total. The van der Waals surface area contributed by atoms with Crippen molar-refractivity contribution in [3.63, 3.8) is 0 Å². The number of likely N-dealkylation sites (tertiary alicyclic amines) is 1. The van der Waals surface area contributed by atoms with E-state index in [0.29, 0.717) is 24.3 Å². The van der Waals surface area contributed by atoms with Gasteiger partial charge in [0, 0.05) is 24.7 Å². The summed E-state index contributed by atoms with van der Waals surface area (Å²) in [6.45, 7) is 3.07. The van der Waals surface area contributed by atoms with Crippen molar-refractivity contribution in [3.8, 4) is 6.07 Å². The molecular weight excluding hydrogens is 254 g/mol. The van der Waals surface area contributed by atoms with Crippen molar-refractivity contribution in [3.05, 3.63) is 29.8 Å². The van der Waals surface area contributed by atoms with Gasteiger partial charge in [0.15, 0.2) is 0 Å². The van der Waals surface area contributed by atoms with Crippen LogP contribution in [0.4, 0.5) is 10.5 Å². The fourth-order valence-corrected chi connectivity index (χ4v) is 2.42. The van der Waals surface area contributed by atoms with Crippen LogP contribution in [0.1, 0.15) is 25.3 Å². The zero-order valence-corrected chi connectivity index (χ0v) is 11.5. The Labute approximate surface area is 118 Å². The number of carbonyl (C=O) groups is 1. The minimum absolute atomic E-state index is 0.149. The van der Waals surface area contributed by atoms with Crippen molar-refractivity contribution in [2.45, 2.75) is 25.9 Å². The highest BCUT2D eigenvalue weighted by Gasteiger charge is 2.26. The van der Waals surface area contributed by atoms with Gasteiger partial charge in [-0.2, -0.15) is 5.26 Å². The van der Waals surface area contributed by atoms with E-state index in [9.17, 15) is 9.90 Å². The Hall–Kier alpha value is -2.06. The van der Waals surface area contributed by atoms with Crippen LogP contribution in [0.5, 0.6) is 0 Å². The maximum atomic E-state index is 12.2. The molecule has 2 amide bonds. The molecule has 1 aromatic rings. The number of hydrogen-bond acceptors (Lipinski definition) is 3. The van der Waals surface area contributed by atoms with E-state index >= 15 is 0 Å². The number of urea groups is 1. The zero-order chi connectivity index (χ0) is 14.5. The molecule has 2 unspecified atom stereocenters. The molecule has 106 valence electrons. The van der Waals surface area contributed by atoms with Gasteiger partial charge in [-0.05, 0) is 44.0 Å². The number of nitrogens with one attached hydrogen (secondary N) is 1. The number of amides is 2.